The van der Waals surface area contributed by atoms with E-state index < -0.39 is 0 Å². The highest BCUT2D eigenvalue weighted by Crippen LogP contribution is 2.24. The molecule has 1 atom stereocenters. The van der Waals surface area contributed by atoms with Crippen molar-refractivity contribution in [3.8, 4) is 0 Å². The highest BCUT2D eigenvalue weighted by atomic mass is 15.4. The molecular formula is C12H25N3. The molecule has 3 nitrogen and oxygen atoms in total. The Kier molecular flexibility index (Phi) is 3.33. The van der Waals surface area contributed by atoms with E-state index in [0.717, 1.165) is 13.1 Å². The van der Waals surface area contributed by atoms with Crippen molar-refractivity contribution >= 4 is 0 Å². The maximum Gasteiger partial charge on any atom is 0.0621 e. The highest BCUT2D eigenvalue weighted by Gasteiger charge is 2.32. The molecule has 2 rings (SSSR count). The number of rotatable bonds is 1. The monoisotopic (exact) mass is 211 g/mol. The first-order chi connectivity index (χ1) is 7.08. The molecule has 0 saturated carbocycles. The zero-order valence-electron chi connectivity index (χ0n) is 10.4. The zero-order chi connectivity index (χ0) is 10.9. The lowest BCUT2D eigenvalue weighted by Gasteiger charge is -2.36. The Hall–Kier alpha value is -0.120. The highest BCUT2D eigenvalue weighted by molar-refractivity contribution is 4.86. The van der Waals surface area contributed by atoms with Gasteiger partial charge in [-0.1, -0.05) is 13.8 Å². The molecule has 0 bridgehead atoms. The average molecular weight is 211 g/mol. The third kappa shape index (κ3) is 2.71. The van der Waals surface area contributed by atoms with E-state index in [4.69, 9.17) is 0 Å². The lowest BCUT2D eigenvalue weighted by Crippen LogP contribution is -2.47. The minimum atomic E-state index is 0.417. The molecule has 0 aromatic rings. The Morgan fingerprint density at radius 3 is 2.73 bits per heavy atom. The Morgan fingerprint density at radius 1 is 1.27 bits per heavy atom. The standard InChI is InChI=1S/C12H25N3/c1-12(2)9-13-6-8-15(10-12)11-5-4-7-14(11)3/h11,13H,4-10H2,1-3H3. The molecule has 0 amide bonds. The SMILES string of the molecule is CN1CCCC1N1CCNCC(C)(C)C1. The lowest BCUT2D eigenvalue weighted by atomic mass is 9.93. The fourth-order valence-corrected chi connectivity index (χ4v) is 2.94. The number of likely N-dealkylation sites (tertiary alicyclic amines) is 1. The Bertz CT molecular complexity index is 215. The second kappa shape index (κ2) is 4.40. The second-order valence-corrected chi connectivity index (χ2v) is 5.91. The summed E-state index contributed by atoms with van der Waals surface area (Å²) in [6.45, 7) is 10.7. The lowest BCUT2D eigenvalue weighted by molar-refractivity contribution is 0.0719. The summed E-state index contributed by atoms with van der Waals surface area (Å²) in [6, 6.07) is 0. The minimum absolute atomic E-state index is 0.417. The Labute approximate surface area is 93.8 Å². The summed E-state index contributed by atoms with van der Waals surface area (Å²) in [5, 5.41) is 3.55. The fraction of sp³-hybridized carbons (Fsp3) is 1.00. The minimum Gasteiger partial charge on any atom is -0.315 e. The van der Waals surface area contributed by atoms with E-state index >= 15 is 0 Å². The summed E-state index contributed by atoms with van der Waals surface area (Å²) in [5.74, 6) is 0. The quantitative estimate of drug-likeness (QED) is 0.697. The molecule has 2 saturated heterocycles. The van der Waals surface area contributed by atoms with Crippen LogP contribution >= 0.6 is 0 Å². The van der Waals surface area contributed by atoms with Gasteiger partial charge in [-0.05, 0) is 31.8 Å². The van der Waals surface area contributed by atoms with Crippen LogP contribution in [0.25, 0.3) is 0 Å². The molecule has 1 unspecified atom stereocenters. The largest absolute Gasteiger partial charge is 0.315 e. The Morgan fingerprint density at radius 2 is 2.07 bits per heavy atom. The van der Waals surface area contributed by atoms with Crippen LogP contribution in [0.5, 0.6) is 0 Å². The predicted molar refractivity (Wildman–Crippen MR) is 63.9 cm³/mol. The van der Waals surface area contributed by atoms with Crippen LogP contribution in [0.3, 0.4) is 0 Å². The molecule has 2 fully saturated rings. The summed E-state index contributed by atoms with van der Waals surface area (Å²) in [7, 11) is 2.27. The summed E-state index contributed by atoms with van der Waals surface area (Å²) in [4.78, 5) is 5.19. The van der Waals surface area contributed by atoms with E-state index in [0.29, 0.717) is 11.6 Å². The first-order valence-corrected chi connectivity index (χ1v) is 6.23. The molecule has 0 aromatic heterocycles. The first-order valence-electron chi connectivity index (χ1n) is 6.23. The van der Waals surface area contributed by atoms with Crippen LogP contribution in [0.1, 0.15) is 26.7 Å². The van der Waals surface area contributed by atoms with E-state index in [-0.39, 0.29) is 0 Å². The summed E-state index contributed by atoms with van der Waals surface area (Å²) < 4.78 is 0. The van der Waals surface area contributed by atoms with E-state index in [1.807, 2.05) is 0 Å². The van der Waals surface area contributed by atoms with Gasteiger partial charge in [0.15, 0.2) is 0 Å². The Balaban J connectivity index is 2.00. The van der Waals surface area contributed by atoms with Crippen LogP contribution < -0.4 is 5.32 Å². The van der Waals surface area contributed by atoms with Gasteiger partial charge in [0.1, 0.15) is 0 Å². The summed E-state index contributed by atoms with van der Waals surface area (Å²) in [5.41, 5.74) is 0.417. The molecule has 3 heteroatoms. The van der Waals surface area contributed by atoms with E-state index in [9.17, 15) is 0 Å². The molecule has 2 aliphatic rings. The van der Waals surface area contributed by atoms with Crippen molar-refractivity contribution in [1.82, 2.24) is 15.1 Å². The van der Waals surface area contributed by atoms with Crippen molar-refractivity contribution in [3.63, 3.8) is 0 Å². The van der Waals surface area contributed by atoms with Crippen molar-refractivity contribution in [1.29, 1.82) is 0 Å². The van der Waals surface area contributed by atoms with Gasteiger partial charge in [0.2, 0.25) is 0 Å². The average Bonchev–Trinajstić information content (AvgIpc) is 2.48. The molecule has 0 radical (unpaired) electrons. The molecule has 15 heavy (non-hydrogen) atoms. The third-order valence-corrected chi connectivity index (χ3v) is 3.71. The molecule has 0 aromatic carbocycles. The molecule has 1 N–H and O–H groups in total. The van der Waals surface area contributed by atoms with Crippen molar-refractivity contribution < 1.29 is 0 Å². The number of hydrogen-bond acceptors (Lipinski definition) is 3. The molecular weight excluding hydrogens is 186 g/mol. The third-order valence-electron chi connectivity index (χ3n) is 3.71. The van der Waals surface area contributed by atoms with Gasteiger partial charge in [0.25, 0.3) is 0 Å². The fourth-order valence-electron chi connectivity index (χ4n) is 2.94. The predicted octanol–water partition coefficient (Wildman–Crippen LogP) is 0.969. The number of hydrogen-bond donors (Lipinski definition) is 1. The van der Waals surface area contributed by atoms with Crippen LogP contribution in [-0.4, -0.2) is 55.7 Å². The van der Waals surface area contributed by atoms with Crippen LogP contribution in [-0.2, 0) is 0 Å². The van der Waals surface area contributed by atoms with Crippen molar-refractivity contribution in [2.75, 3.05) is 39.8 Å². The van der Waals surface area contributed by atoms with Crippen molar-refractivity contribution in [3.05, 3.63) is 0 Å². The maximum atomic E-state index is 3.55. The van der Waals surface area contributed by atoms with E-state index in [1.165, 1.54) is 32.5 Å². The first kappa shape index (κ1) is 11.4. The van der Waals surface area contributed by atoms with Crippen LogP contribution in [0.4, 0.5) is 0 Å². The topological polar surface area (TPSA) is 18.5 Å². The van der Waals surface area contributed by atoms with Gasteiger partial charge >= 0.3 is 0 Å². The summed E-state index contributed by atoms with van der Waals surface area (Å²) in [6.07, 6.45) is 3.42. The van der Waals surface area contributed by atoms with Gasteiger partial charge in [0.05, 0.1) is 6.17 Å². The van der Waals surface area contributed by atoms with Gasteiger partial charge in [-0.25, -0.2) is 0 Å². The molecule has 88 valence electrons. The normalized spacial score (nSPS) is 34.2. The molecule has 0 aliphatic carbocycles. The number of nitrogens with zero attached hydrogens (tertiary/aromatic N) is 2. The molecule has 2 heterocycles. The van der Waals surface area contributed by atoms with Gasteiger partial charge < -0.3 is 5.32 Å². The van der Waals surface area contributed by atoms with Gasteiger partial charge in [-0.2, -0.15) is 0 Å². The van der Waals surface area contributed by atoms with Crippen LogP contribution in [0.2, 0.25) is 0 Å². The second-order valence-electron chi connectivity index (χ2n) is 5.91. The van der Waals surface area contributed by atoms with Gasteiger partial charge in [-0.3, -0.25) is 9.80 Å². The number of nitrogens with one attached hydrogen (secondary N) is 1. The summed E-state index contributed by atoms with van der Waals surface area (Å²) >= 11 is 0. The van der Waals surface area contributed by atoms with Crippen molar-refractivity contribution in [2.24, 2.45) is 5.41 Å². The molecule has 0 spiro atoms. The van der Waals surface area contributed by atoms with Crippen molar-refractivity contribution in [2.45, 2.75) is 32.9 Å². The van der Waals surface area contributed by atoms with Gasteiger partial charge in [0, 0.05) is 26.2 Å². The van der Waals surface area contributed by atoms with Crippen LogP contribution in [0.15, 0.2) is 0 Å². The van der Waals surface area contributed by atoms with Crippen LogP contribution in [0, 0.1) is 5.41 Å². The van der Waals surface area contributed by atoms with E-state index in [2.05, 4.69) is 36.0 Å². The molecule has 2 aliphatic heterocycles. The smallest absolute Gasteiger partial charge is 0.0621 e. The van der Waals surface area contributed by atoms with E-state index in [1.54, 1.807) is 0 Å². The van der Waals surface area contributed by atoms with Gasteiger partial charge in [-0.15, -0.1) is 0 Å². The maximum absolute atomic E-state index is 3.55. The zero-order valence-corrected chi connectivity index (χ0v) is 10.4.